The lowest BCUT2D eigenvalue weighted by molar-refractivity contribution is -0.143. The second-order valence-corrected chi connectivity index (χ2v) is 14.8. The number of benzene rings is 1. The lowest BCUT2D eigenvalue weighted by Gasteiger charge is -2.33. The predicted molar refractivity (Wildman–Crippen MR) is 174 cm³/mol. The number of alkyl halides is 3. The summed E-state index contributed by atoms with van der Waals surface area (Å²) in [5, 5.41) is 26.7. The SMILES string of the molecule is C#CC[C@H](NC(=O)C(Cc1ccccc1)CS(=O)(=O)N(C)CCN(C)CC(F)(F)F)C(=O)NC(CC1CCCCC1)[C@@H](O)[C@@H](O)CC. The molecule has 2 unspecified atom stereocenters. The van der Waals surface area contributed by atoms with Gasteiger partial charge in [0.25, 0.3) is 0 Å². The monoisotopic (exact) mass is 688 g/mol. The van der Waals surface area contributed by atoms with E-state index in [1.807, 2.05) is 0 Å². The summed E-state index contributed by atoms with van der Waals surface area (Å²) in [5.74, 6) is -0.616. The third-order valence-corrected chi connectivity index (χ3v) is 10.6. The van der Waals surface area contributed by atoms with Crippen LogP contribution in [0.1, 0.15) is 63.9 Å². The molecule has 0 bridgehead atoms. The quantitative estimate of drug-likeness (QED) is 0.164. The second kappa shape index (κ2) is 19.3. The number of nitrogens with one attached hydrogen (secondary N) is 2. The zero-order valence-corrected chi connectivity index (χ0v) is 28.4. The molecule has 10 nitrogen and oxygen atoms in total. The largest absolute Gasteiger partial charge is 0.401 e. The van der Waals surface area contributed by atoms with E-state index in [-0.39, 0.29) is 38.3 Å². The van der Waals surface area contributed by atoms with Gasteiger partial charge in [0.15, 0.2) is 0 Å². The minimum atomic E-state index is -4.43. The molecule has 0 aliphatic heterocycles. The van der Waals surface area contributed by atoms with E-state index in [2.05, 4.69) is 16.6 Å². The zero-order valence-electron chi connectivity index (χ0n) is 27.6. The van der Waals surface area contributed by atoms with E-state index in [1.54, 1.807) is 37.3 Å². The summed E-state index contributed by atoms with van der Waals surface area (Å²) in [7, 11) is -1.65. The molecule has 0 saturated heterocycles. The van der Waals surface area contributed by atoms with Gasteiger partial charge in [-0.3, -0.25) is 14.5 Å². The molecule has 1 saturated carbocycles. The molecule has 0 aromatic heterocycles. The summed E-state index contributed by atoms with van der Waals surface area (Å²) in [5.41, 5.74) is 0.664. The summed E-state index contributed by atoms with van der Waals surface area (Å²) in [6.45, 7) is 0.100. The van der Waals surface area contributed by atoms with Crippen molar-refractivity contribution in [1.29, 1.82) is 0 Å². The Hall–Kier alpha value is -2.70. The highest BCUT2D eigenvalue weighted by atomic mass is 32.2. The zero-order chi connectivity index (χ0) is 35.2. The van der Waals surface area contributed by atoms with E-state index < -0.39 is 70.5 Å². The minimum Gasteiger partial charge on any atom is -0.390 e. The van der Waals surface area contributed by atoms with E-state index >= 15 is 0 Å². The van der Waals surface area contributed by atoms with Gasteiger partial charge in [-0.2, -0.15) is 13.2 Å². The molecule has 5 atom stereocenters. The van der Waals surface area contributed by atoms with Crippen LogP contribution in [0.5, 0.6) is 0 Å². The maximum absolute atomic E-state index is 13.7. The normalized spacial score (nSPS) is 17.8. The van der Waals surface area contributed by atoms with Gasteiger partial charge in [0.2, 0.25) is 21.8 Å². The van der Waals surface area contributed by atoms with Crippen molar-refractivity contribution >= 4 is 21.8 Å². The van der Waals surface area contributed by atoms with E-state index in [9.17, 15) is 41.4 Å². The fourth-order valence-electron chi connectivity index (χ4n) is 5.82. The average Bonchev–Trinajstić information content (AvgIpc) is 3.01. The van der Waals surface area contributed by atoms with Gasteiger partial charge in [0.1, 0.15) is 6.04 Å². The predicted octanol–water partition coefficient (Wildman–Crippen LogP) is 2.70. The summed E-state index contributed by atoms with van der Waals surface area (Å²) in [6.07, 6.45) is 4.38. The van der Waals surface area contributed by atoms with Crippen molar-refractivity contribution in [3.8, 4) is 12.3 Å². The molecule has 0 radical (unpaired) electrons. The molecule has 1 aromatic carbocycles. The number of likely N-dealkylation sites (N-methyl/N-ethyl adjacent to an activating group) is 2. The number of terminal acetylenes is 1. The Labute approximate surface area is 277 Å². The molecule has 2 amide bonds. The molecular weight excluding hydrogens is 637 g/mol. The number of carbonyl (C=O) groups is 2. The van der Waals surface area contributed by atoms with Crippen molar-refractivity contribution in [1.82, 2.24) is 19.8 Å². The molecule has 2 rings (SSSR count). The summed E-state index contributed by atoms with van der Waals surface area (Å²) < 4.78 is 65.8. The van der Waals surface area contributed by atoms with Gasteiger partial charge in [-0.25, -0.2) is 12.7 Å². The molecular formula is C33H51F3N4O6S. The van der Waals surface area contributed by atoms with Gasteiger partial charge >= 0.3 is 6.18 Å². The lowest BCUT2D eigenvalue weighted by Crippen LogP contribution is -2.56. The topological polar surface area (TPSA) is 139 Å². The summed E-state index contributed by atoms with van der Waals surface area (Å²) in [6, 6.07) is 6.65. The van der Waals surface area contributed by atoms with Crippen molar-refractivity contribution in [2.75, 3.05) is 39.5 Å². The van der Waals surface area contributed by atoms with Crippen LogP contribution in [0.15, 0.2) is 30.3 Å². The van der Waals surface area contributed by atoms with Crippen LogP contribution < -0.4 is 10.6 Å². The number of nitrogens with zero attached hydrogens (tertiary/aromatic N) is 2. The van der Waals surface area contributed by atoms with E-state index in [0.717, 1.165) is 41.3 Å². The van der Waals surface area contributed by atoms with Crippen LogP contribution in [0.25, 0.3) is 0 Å². The number of hydrogen-bond donors (Lipinski definition) is 4. The van der Waals surface area contributed by atoms with E-state index in [1.165, 1.54) is 14.1 Å². The number of halogens is 3. The second-order valence-electron chi connectivity index (χ2n) is 12.6. The number of rotatable bonds is 19. The standard InChI is InChI=1S/C33H51F3N4O6S/c1-5-13-27(32(44)38-28(30(42)29(41)6-2)21-25-16-11-8-12-17-25)37-31(43)26(20-24-14-9-7-10-15-24)22-47(45,46)40(4)19-18-39(3)23-33(34,35)36/h1,7,9-10,14-15,25-30,41-42H,6,8,11-13,16-23H2,2-4H3,(H,37,43)(H,38,44)/t26?,27-,28?,29-,30+/m0/s1. The number of aliphatic hydroxyl groups excluding tert-OH is 2. The van der Waals surface area contributed by atoms with Crippen LogP contribution in [0.4, 0.5) is 13.2 Å². The highest BCUT2D eigenvalue weighted by Crippen LogP contribution is 2.29. The van der Waals surface area contributed by atoms with Gasteiger partial charge < -0.3 is 20.8 Å². The minimum absolute atomic E-state index is 0.00379. The van der Waals surface area contributed by atoms with E-state index in [4.69, 9.17) is 6.42 Å². The van der Waals surface area contributed by atoms with Crippen LogP contribution in [-0.2, 0) is 26.0 Å². The Morgan fingerprint density at radius 3 is 2.26 bits per heavy atom. The molecule has 14 heteroatoms. The Balaban J connectivity index is 2.23. The van der Waals surface area contributed by atoms with Crippen LogP contribution in [0.2, 0.25) is 0 Å². The van der Waals surface area contributed by atoms with Crippen LogP contribution in [0.3, 0.4) is 0 Å². The van der Waals surface area contributed by atoms with Crippen molar-refractivity contribution in [3.05, 3.63) is 35.9 Å². The first-order valence-corrected chi connectivity index (χ1v) is 17.8. The molecule has 0 spiro atoms. The molecule has 1 aromatic rings. The van der Waals surface area contributed by atoms with Gasteiger partial charge in [-0.15, -0.1) is 12.3 Å². The maximum Gasteiger partial charge on any atom is 0.401 e. The first kappa shape index (κ1) is 40.5. The molecule has 1 aliphatic carbocycles. The summed E-state index contributed by atoms with van der Waals surface area (Å²) >= 11 is 0. The number of sulfonamides is 1. The number of hydrogen-bond acceptors (Lipinski definition) is 7. The third kappa shape index (κ3) is 14.5. The molecule has 4 N–H and O–H groups in total. The van der Waals surface area contributed by atoms with Crippen LogP contribution in [0, 0.1) is 24.2 Å². The first-order valence-electron chi connectivity index (χ1n) is 16.2. The van der Waals surface area contributed by atoms with Crippen molar-refractivity contribution < 1.29 is 41.4 Å². The van der Waals surface area contributed by atoms with Gasteiger partial charge in [0, 0.05) is 26.6 Å². The van der Waals surface area contributed by atoms with Crippen molar-refractivity contribution in [3.63, 3.8) is 0 Å². The Bertz CT molecular complexity index is 1260. The molecule has 1 aliphatic rings. The molecule has 1 fully saturated rings. The highest BCUT2D eigenvalue weighted by molar-refractivity contribution is 7.89. The fourth-order valence-corrected chi connectivity index (χ4v) is 7.21. The molecule has 0 heterocycles. The van der Waals surface area contributed by atoms with Crippen LogP contribution in [-0.4, -0.2) is 110 Å². The van der Waals surface area contributed by atoms with Crippen molar-refractivity contribution in [2.45, 2.75) is 95.2 Å². The maximum atomic E-state index is 13.7. The molecule has 47 heavy (non-hydrogen) atoms. The van der Waals surface area contributed by atoms with Gasteiger partial charge in [-0.05, 0) is 37.8 Å². The smallest absolute Gasteiger partial charge is 0.390 e. The van der Waals surface area contributed by atoms with Crippen molar-refractivity contribution in [2.24, 2.45) is 11.8 Å². The highest BCUT2D eigenvalue weighted by Gasteiger charge is 2.35. The Kier molecular flexibility index (Phi) is 16.7. The number of carbonyl (C=O) groups excluding carboxylic acids is 2. The Morgan fingerprint density at radius 1 is 1.04 bits per heavy atom. The number of amides is 2. The number of aliphatic hydroxyl groups is 2. The average molecular weight is 689 g/mol. The fraction of sp³-hybridized carbons (Fsp3) is 0.697. The summed E-state index contributed by atoms with van der Waals surface area (Å²) in [4.78, 5) is 28.2. The van der Waals surface area contributed by atoms with Crippen LogP contribution >= 0.6 is 0 Å². The van der Waals surface area contributed by atoms with Gasteiger partial charge in [0.05, 0.1) is 36.5 Å². The lowest BCUT2D eigenvalue weighted by atomic mass is 9.82. The Morgan fingerprint density at radius 2 is 1.68 bits per heavy atom. The third-order valence-electron chi connectivity index (χ3n) is 8.65. The van der Waals surface area contributed by atoms with Gasteiger partial charge in [-0.1, -0.05) is 69.4 Å². The first-order chi connectivity index (χ1) is 22.1. The molecule has 266 valence electrons. The van der Waals surface area contributed by atoms with E-state index in [0.29, 0.717) is 12.0 Å².